The van der Waals surface area contributed by atoms with Crippen LogP contribution in [0.3, 0.4) is 0 Å². The monoisotopic (exact) mass is 432 g/mol. The van der Waals surface area contributed by atoms with Crippen molar-refractivity contribution in [2.75, 3.05) is 25.1 Å². The highest BCUT2D eigenvalue weighted by Crippen LogP contribution is 2.19. The molecule has 0 bridgehead atoms. The molecule has 2 atom stereocenters. The Balaban J connectivity index is 2.11. The summed E-state index contributed by atoms with van der Waals surface area (Å²) >= 11 is 0. The van der Waals surface area contributed by atoms with Crippen LogP contribution >= 0.6 is 0 Å². The molecule has 11 heteroatoms. The van der Waals surface area contributed by atoms with Gasteiger partial charge in [-0.3, -0.25) is 4.79 Å². The fourth-order valence-corrected chi connectivity index (χ4v) is 5.54. The van der Waals surface area contributed by atoms with Crippen molar-refractivity contribution in [3.05, 3.63) is 29.8 Å². The molecule has 1 aliphatic heterocycles. The Morgan fingerprint density at radius 2 is 2.04 bits per heavy atom. The average molecular weight is 433 g/mol. The maximum Gasteiger partial charge on any atom is 0.338 e. The number of hydrogen-bond acceptors (Lipinski definition) is 7. The first-order valence-corrected chi connectivity index (χ1v) is 12.1. The van der Waals surface area contributed by atoms with Gasteiger partial charge in [-0.15, -0.1) is 0 Å². The third-order valence-corrected chi connectivity index (χ3v) is 7.72. The number of hydrogen-bond donors (Lipinski definition) is 1. The lowest BCUT2D eigenvalue weighted by Crippen LogP contribution is -2.46. The molecule has 156 valence electrons. The summed E-state index contributed by atoms with van der Waals surface area (Å²) < 4.78 is 54.4. The van der Waals surface area contributed by atoms with E-state index in [2.05, 4.69) is 4.72 Å². The van der Waals surface area contributed by atoms with Crippen molar-refractivity contribution in [3.63, 3.8) is 0 Å². The number of nitrogens with one attached hydrogen (secondary N) is 1. The van der Waals surface area contributed by atoms with E-state index in [4.69, 9.17) is 4.74 Å². The molecule has 1 N–H and O–H groups in total. The molecule has 0 saturated carbocycles. The van der Waals surface area contributed by atoms with E-state index in [0.29, 0.717) is 6.42 Å². The molecule has 1 amide bonds. The van der Waals surface area contributed by atoms with Gasteiger partial charge in [-0.25, -0.2) is 26.4 Å². The lowest BCUT2D eigenvalue weighted by atomic mass is 10.2. The van der Waals surface area contributed by atoms with Crippen molar-refractivity contribution in [1.82, 2.24) is 9.62 Å². The van der Waals surface area contributed by atoms with Crippen molar-refractivity contribution >= 4 is 31.7 Å². The number of likely N-dealkylation sites (N-methyl/N-ethyl adjacent to an activating group) is 1. The number of carbonyl (C=O) groups is 2. The van der Waals surface area contributed by atoms with Crippen LogP contribution in [0, 0.1) is 0 Å². The highest BCUT2D eigenvalue weighted by molar-refractivity contribution is 7.91. The molecule has 0 unspecified atom stereocenters. The molecule has 1 aromatic carbocycles. The molecule has 1 saturated heterocycles. The molecule has 0 radical (unpaired) electrons. The van der Waals surface area contributed by atoms with Crippen molar-refractivity contribution in [2.45, 2.75) is 37.3 Å². The van der Waals surface area contributed by atoms with Gasteiger partial charge in [0.1, 0.15) is 0 Å². The zero-order chi connectivity index (χ0) is 21.1. The Hall–Kier alpha value is -1.98. The molecule has 9 nitrogen and oxygen atoms in total. The summed E-state index contributed by atoms with van der Waals surface area (Å²) in [6.07, 6.45) is -0.785. The van der Waals surface area contributed by atoms with E-state index in [-0.39, 0.29) is 28.5 Å². The second-order valence-electron chi connectivity index (χ2n) is 6.46. The van der Waals surface area contributed by atoms with E-state index in [9.17, 15) is 26.4 Å². The number of benzene rings is 1. The van der Waals surface area contributed by atoms with Crippen LogP contribution in [0.1, 0.15) is 30.6 Å². The largest absolute Gasteiger partial charge is 0.449 e. The molecular weight excluding hydrogens is 408 g/mol. The van der Waals surface area contributed by atoms with Crippen LogP contribution in [-0.2, 0) is 29.4 Å². The van der Waals surface area contributed by atoms with Crippen LogP contribution in [0.25, 0.3) is 0 Å². The Labute approximate surface area is 165 Å². The molecule has 1 aromatic rings. The van der Waals surface area contributed by atoms with E-state index < -0.39 is 43.9 Å². The fourth-order valence-electron chi connectivity index (χ4n) is 3.04. The summed E-state index contributed by atoms with van der Waals surface area (Å²) in [5.74, 6) is -1.40. The Morgan fingerprint density at radius 3 is 2.57 bits per heavy atom. The number of esters is 1. The van der Waals surface area contributed by atoms with Crippen LogP contribution in [0.2, 0.25) is 0 Å². The van der Waals surface area contributed by atoms with Gasteiger partial charge in [-0.1, -0.05) is 6.07 Å². The molecule has 0 aromatic heterocycles. The first-order chi connectivity index (χ1) is 13.0. The van der Waals surface area contributed by atoms with Gasteiger partial charge in [0.2, 0.25) is 10.0 Å². The highest BCUT2D eigenvalue weighted by atomic mass is 32.2. The second-order valence-corrected chi connectivity index (χ2v) is 10.6. The summed E-state index contributed by atoms with van der Waals surface area (Å²) in [6, 6.07) is 4.83. The number of amides is 1. The van der Waals surface area contributed by atoms with E-state index in [1.807, 2.05) is 0 Å². The quantitative estimate of drug-likeness (QED) is 0.609. The van der Waals surface area contributed by atoms with Crippen LogP contribution in [0.4, 0.5) is 0 Å². The first kappa shape index (κ1) is 22.3. The van der Waals surface area contributed by atoms with Gasteiger partial charge in [0, 0.05) is 12.6 Å². The predicted molar refractivity (Wildman–Crippen MR) is 102 cm³/mol. The van der Waals surface area contributed by atoms with Crippen LogP contribution in [0.5, 0.6) is 0 Å². The molecule has 2 rings (SSSR count). The fraction of sp³-hybridized carbons (Fsp3) is 0.529. The minimum Gasteiger partial charge on any atom is -0.449 e. The second kappa shape index (κ2) is 8.58. The molecule has 1 fully saturated rings. The lowest BCUT2D eigenvalue weighted by molar-refractivity contribution is -0.141. The molecule has 0 spiro atoms. The zero-order valence-corrected chi connectivity index (χ0v) is 17.5. The smallest absolute Gasteiger partial charge is 0.338 e. The lowest BCUT2D eigenvalue weighted by Gasteiger charge is -2.29. The van der Waals surface area contributed by atoms with E-state index in [1.165, 1.54) is 37.1 Å². The van der Waals surface area contributed by atoms with Gasteiger partial charge < -0.3 is 9.64 Å². The van der Waals surface area contributed by atoms with Crippen molar-refractivity contribution in [2.24, 2.45) is 0 Å². The van der Waals surface area contributed by atoms with Crippen LogP contribution in [0.15, 0.2) is 29.2 Å². The van der Waals surface area contributed by atoms with Gasteiger partial charge in [0.25, 0.3) is 5.91 Å². The van der Waals surface area contributed by atoms with E-state index >= 15 is 0 Å². The van der Waals surface area contributed by atoms with Gasteiger partial charge in [-0.2, -0.15) is 0 Å². The number of ether oxygens (including phenoxy) is 1. The summed E-state index contributed by atoms with van der Waals surface area (Å²) in [4.78, 5) is 26.3. The topological polar surface area (TPSA) is 127 Å². The summed E-state index contributed by atoms with van der Waals surface area (Å²) in [5, 5.41) is 0. The van der Waals surface area contributed by atoms with Crippen molar-refractivity contribution in [3.8, 4) is 0 Å². The maximum absolute atomic E-state index is 12.7. The molecular formula is C17H24N2O7S2. The normalized spacial score (nSPS) is 19.8. The molecule has 0 aliphatic carbocycles. The standard InChI is InChI=1S/C17H24N2O7S2/c1-4-19(14-8-9-27(22,23)11-14)16(20)12(2)26-17(21)13-6-5-7-15(10-13)28(24,25)18-3/h5-7,10,12,14,18H,4,8-9,11H2,1-3H3/t12-,14+/m1/s1. The zero-order valence-electron chi connectivity index (χ0n) is 15.9. The molecule has 28 heavy (non-hydrogen) atoms. The number of sulfonamides is 1. The Morgan fingerprint density at radius 1 is 1.36 bits per heavy atom. The maximum atomic E-state index is 12.7. The number of carbonyl (C=O) groups excluding carboxylic acids is 2. The van der Waals surface area contributed by atoms with Gasteiger partial charge >= 0.3 is 5.97 Å². The minimum absolute atomic E-state index is 0.0116. The summed E-state index contributed by atoms with van der Waals surface area (Å²) in [7, 11) is -5.64. The van der Waals surface area contributed by atoms with E-state index in [0.717, 1.165) is 6.07 Å². The average Bonchev–Trinajstić information content (AvgIpc) is 3.01. The van der Waals surface area contributed by atoms with E-state index in [1.54, 1.807) is 6.92 Å². The van der Waals surface area contributed by atoms with Crippen molar-refractivity contribution < 1.29 is 31.2 Å². The Kier molecular flexibility index (Phi) is 6.84. The highest BCUT2D eigenvalue weighted by Gasteiger charge is 2.36. The SMILES string of the molecule is CCN(C(=O)[C@@H](C)OC(=O)c1cccc(S(=O)(=O)NC)c1)[C@H]1CCS(=O)(=O)C1. The summed E-state index contributed by atoms with van der Waals surface area (Å²) in [6.45, 7) is 3.42. The van der Waals surface area contributed by atoms with Crippen LogP contribution in [-0.4, -0.2) is 70.9 Å². The first-order valence-electron chi connectivity index (χ1n) is 8.76. The predicted octanol–water partition coefficient (Wildman–Crippen LogP) is 0.176. The Bertz CT molecular complexity index is 957. The number of nitrogens with zero attached hydrogens (tertiary/aromatic N) is 1. The van der Waals surface area contributed by atoms with Crippen LogP contribution < -0.4 is 4.72 Å². The third-order valence-electron chi connectivity index (χ3n) is 4.55. The van der Waals surface area contributed by atoms with Gasteiger partial charge in [-0.05, 0) is 45.5 Å². The third kappa shape index (κ3) is 5.09. The van der Waals surface area contributed by atoms with Gasteiger partial charge in [0.05, 0.1) is 22.0 Å². The summed E-state index contributed by atoms with van der Waals surface area (Å²) in [5.41, 5.74) is -0.0116. The van der Waals surface area contributed by atoms with Crippen molar-refractivity contribution in [1.29, 1.82) is 0 Å². The minimum atomic E-state index is -3.73. The molecule has 1 aliphatic rings. The number of sulfone groups is 1. The molecule has 1 heterocycles. The van der Waals surface area contributed by atoms with Gasteiger partial charge in [0.15, 0.2) is 15.9 Å². The number of rotatable bonds is 7.